The highest BCUT2D eigenvalue weighted by molar-refractivity contribution is 5.76. The molecule has 4 heteroatoms. The lowest BCUT2D eigenvalue weighted by Crippen LogP contribution is -2.10. The van der Waals surface area contributed by atoms with Gasteiger partial charge in [-0.2, -0.15) is 0 Å². The first-order chi connectivity index (χ1) is 6.20. The van der Waals surface area contributed by atoms with E-state index in [1.165, 1.54) is 6.21 Å². The molecule has 0 radical (unpaired) electrons. The smallest absolute Gasteiger partial charge is 0.317 e. The van der Waals surface area contributed by atoms with E-state index in [-0.39, 0.29) is 6.54 Å². The molecule has 0 saturated heterocycles. The highest BCUT2D eigenvalue weighted by Crippen LogP contribution is 1.91. The number of nitrogens with one attached hydrogen (secondary N) is 1. The zero-order valence-electron chi connectivity index (χ0n) is 7.10. The number of aliphatic carboxylic acids is 1. The van der Waals surface area contributed by atoms with E-state index >= 15 is 0 Å². The molecule has 0 unspecified atom stereocenters. The molecular weight excluding hydrogens is 168 g/mol. The van der Waals surface area contributed by atoms with Crippen molar-refractivity contribution in [2.45, 2.75) is 0 Å². The van der Waals surface area contributed by atoms with Crippen molar-refractivity contribution in [3.63, 3.8) is 0 Å². The molecule has 0 aromatic heterocycles. The van der Waals surface area contributed by atoms with Gasteiger partial charge >= 0.3 is 5.97 Å². The predicted molar refractivity (Wildman–Crippen MR) is 51.0 cm³/mol. The third-order valence-corrected chi connectivity index (χ3v) is 1.14. The van der Waals surface area contributed by atoms with Crippen LogP contribution in [0.15, 0.2) is 30.3 Å². The van der Waals surface area contributed by atoms with Gasteiger partial charge in [0.1, 0.15) is 0 Å². The van der Waals surface area contributed by atoms with Gasteiger partial charge in [-0.3, -0.25) is 4.79 Å². The molecule has 13 heavy (non-hydrogen) atoms. The fraction of sp³-hybridized carbons (Fsp3) is 0.111. The molecule has 0 aliphatic carbocycles. The molecule has 0 spiro atoms. The molecule has 0 heterocycles. The molecule has 4 N–H and O–H groups in total. The summed E-state index contributed by atoms with van der Waals surface area (Å²) in [6, 6.07) is 9.56. The summed E-state index contributed by atoms with van der Waals surface area (Å²) in [7, 11) is 0. The van der Waals surface area contributed by atoms with E-state index in [9.17, 15) is 4.79 Å². The van der Waals surface area contributed by atoms with Crippen molar-refractivity contribution in [2.24, 2.45) is 5.73 Å². The number of rotatable bonds is 2. The summed E-state index contributed by atoms with van der Waals surface area (Å²) in [4.78, 5) is 9.24. The normalized spacial score (nSPS) is 8.08. The van der Waals surface area contributed by atoms with Crippen LogP contribution in [0.5, 0.6) is 0 Å². The quantitative estimate of drug-likeness (QED) is 0.586. The van der Waals surface area contributed by atoms with Gasteiger partial charge in [-0.05, 0) is 5.56 Å². The Labute approximate surface area is 76.5 Å². The summed E-state index contributed by atoms with van der Waals surface area (Å²) >= 11 is 0. The van der Waals surface area contributed by atoms with Crippen LogP contribution in [-0.4, -0.2) is 23.8 Å². The molecule has 0 bridgehead atoms. The summed E-state index contributed by atoms with van der Waals surface area (Å²) in [6.45, 7) is -0.278. The monoisotopic (exact) mass is 180 g/mol. The molecule has 1 aromatic rings. The predicted octanol–water partition coefficient (Wildman–Crippen LogP) is 0.714. The Morgan fingerprint density at radius 2 is 1.92 bits per heavy atom. The van der Waals surface area contributed by atoms with Gasteiger partial charge in [0.25, 0.3) is 0 Å². The third kappa shape index (κ3) is 6.71. The van der Waals surface area contributed by atoms with Gasteiger partial charge in [-0.25, -0.2) is 0 Å². The second kappa shape index (κ2) is 7.00. The molecule has 0 aliphatic rings. The highest BCUT2D eigenvalue weighted by Gasteiger charge is 1.81. The molecule has 4 nitrogen and oxygen atoms in total. The Hall–Kier alpha value is -1.68. The average molecular weight is 180 g/mol. The van der Waals surface area contributed by atoms with Crippen molar-refractivity contribution in [3.05, 3.63) is 35.9 Å². The number of benzene rings is 1. The maximum atomic E-state index is 9.24. The van der Waals surface area contributed by atoms with Crippen LogP contribution in [-0.2, 0) is 4.79 Å². The topological polar surface area (TPSA) is 87.2 Å². The largest absolute Gasteiger partial charge is 0.480 e. The second-order valence-corrected chi connectivity index (χ2v) is 2.15. The number of carboxylic acid groups (broad SMARTS) is 1. The van der Waals surface area contributed by atoms with Crippen molar-refractivity contribution in [1.82, 2.24) is 0 Å². The maximum Gasteiger partial charge on any atom is 0.317 e. The zero-order chi connectivity index (χ0) is 10.1. The Morgan fingerprint density at radius 1 is 1.46 bits per heavy atom. The fourth-order valence-electron chi connectivity index (χ4n) is 0.549. The van der Waals surface area contributed by atoms with Crippen LogP contribution >= 0.6 is 0 Å². The first kappa shape index (κ1) is 11.3. The minimum absolute atomic E-state index is 0.278. The lowest BCUT2D eigenvalue weighted by molar-refractivity contribution is -0.135. The van der Waals surface area contributed by atoms with Gasteiger partial charge in [-0.1, -0.05) is 30.3 Å². The Balaban J connectivity index is 0.000000252. The SMILES string of the molecule is N=Cc1ccccc1.NCC(=O)O. The Bertz CT molecular complexity index is 260. The Kier molecular flexibility index (Phi) is 6.09. The van der Waals surface area contributed by atoms with E-state index in [1.807, 2.05) is 30.3 Å². The lowest BCUT2D eigenvalue weighted by Gasteiger charge is -1.84. The summed E-state index contributed by atoms with van der Waals surface area (Å²) in [6.07, 6.45) is 1.33. The van der Waals surface area contributed by atoms with E-state index < -0.39 is 5.97 Å². The van der Waals surface area contributed by atoms with Crippen LogP contribution < -0.4 is 5.73 Å². The van der Waals surface area contributed by atoms with E-state index in [0.717, 1.165) is 5.56 Å². The van der Waals surface area contributed by atoms with Gasteiger partial charge in [0.15, 0.2) is 0 Å². The number of nitrogens with two attached hydrogens (primary N) is 1. The second-order valence-electron chi connectivity index (χ2n) is 2.15. The van der Waals surface area contributed by atoms with Crippen LogP contribution in [0.1, 0.15) is 5.56 Å². The highest BCUT2D eigenvalue weighted by atomic mass is 16.4. The Morgan fingerprint density at radius 3 is 2.15 bits per heavy atom. The molecule has 70 valence electrons. The van der Waals surface area contributed by atoms with E-state index in [1.54, 1.807) is 0 Å². The minimum atomic E-state index is -0.968. The van der Waals surface area contributed by atoms with Crippen molar-refractivity contribution in [1.29, 1.82) is 5.41 Å². The third-order valence-electron chi connectivity index (χ3n) is 1.14. The van der Waals surface area contributed by atoms with Crippen LogP contribution in [0.4, 0.5) is 0 Å². The van der Waals surface area contributed by atoms with Crippen molar-refractivity contribution in [3.8, 4) is 0 Å². The van der Waals surface area contributed by atoms with E-state index in [0.29, 0.717) is 0 Å². The van der Waals surface area contributed by atoms with Gasteiger partial charge in [-0.15, -0.1) is 0 Å². The van der Waals surface area contributed by atoms with Crippen LogP contribution in [0.2, 0.25) is 0 Å². The summed E-state index contributed by atoms with van der Waals surface area (Å²) in [5, 5.41) is 14.4. The molecule has 1 aromatic carbocycles. The van der Waals surface area contributed by atoms with Gasteiger partial charge in [0.2, 0.25) is 0 Å². The lowest BCUT2D eigenvalue weighted by atomic mass is 10.2. The van der Waals surface area contributed by atoms with Crippen LogP contribution in [0, 0.1) is 5.41 Å². The fourth-order valence-corrected chi connectivity index (χ4v) is 0.549. The summed E-state index contributed by atoms with van der Waals surface area (Å²) in [5.74, 6) is -0.968. The van der Waals surface area contributed by atoms with Crippen LogP contribution in [0.3, 0.4) is 0 Å². The number of hydrogen-bond donors (Lipinski definition) is 3. The van der Waals surface area contributed by atoms with Gasteiger partial charge in [0, 0.05) is 6.21 Å². The number of carbonyl (C=O) groups is 1. The van der Waals surface area contributed by atoms with Crippen molar-refractivity contribution < 1.29 is 9.90 Å². The molecule has 0 saturated carbocycles. The number of hydrogen-bond acceptors (Lipinski definition) is 3. The van der Waals surface area contributed by atoms with Crippen LogP contribution in [0.25, 0.3) is 0 Å². The summed E-state index contributed by atoms with van der Waals surface area (Å²) in [5.41, 5.74) is 5.52. The van der Waals surface area contributed by atoms with E-state index in [4.69, 9.17) is 10.5 Å². The maximum absolute atomic E-state index is 9.24. The molecule has 0 atom stereocenters. The first-order valence-electron chi connectivity index (χ1n) is 3.68. The zero-order valence-corrected chi connectivity index (χ0v) is 7.10. The molecule has 1 rings (SSSR count). The summed E-state index contributed by atoms with van der Waals surface area (Å²) < 4.78 is 0. The molecular formula is C9H12N2O2. The minimum Gasteiger partial charge on any atom is -0.480 e. The van der Waals surface area contributed by atoms with Crippen molar-refractivity contribution in [2.75, 3.05) is 6.54 Å². The van der Waals surface area contributed by atoms with E-state index in [2.05, 4.69) is 5.73 Å². The first-order valence-corrected chi connectivity index (χ1v) is 3.68. The van der Waals surface area contributed by atoms with Gasteiger partial charge in [0.05, 0.1) is 6.54 Å². The molecule has 0 amide bonds. The number of carboxylic acids is 1. The van der Waals surface area contributed by atoms with Crippen molar-refractivity contribution >= 4 is 12.2 Å². The van der Waals surface area contributed by atoms with Gasteiger partial charge < -0.3 is 16.2 Å². The molecule has 0 fully saturated rings. The molecule has 0 aliphatic heterocycles. The standard InChI is InChI=1S/C7H7N.C2H5NO2/c8-6-7-4-2-1-3-5-7;3-1-2(4)5/h1-6,8H;1,3H2,(H,4,5). The average Bonchev–Trinajstić information content (AvgIpc) is 2.20.